The summed E-state index contributed by atoms with van der Waals surface area (Å²) >= 11 is 3.58. The Hall–Kier alpha value is -0.580. The Morgan fingerprint density at radius 3 is 2.76 bits per heavy atom. The van der Waals surface area contributed by atoms with Crippen molar-refractivity contribution in [1.82, 2.24) is 4.90 Å². The molecule has 1 aliphatic heterocycles. The number of rotatable bonds is 3. The van der Waals surface area contributed by atoms with E-state index >= 15 is 0 Å². The summed E-state index contributed by atoms with van der Waals surface area (Å²) < 4.78 is 6.52. The molecule has 1 aromatic rings. The van der Waals surface area contributed by atoms with Gasteiger partial charge in [0.25, 0.3) is 0 Å². The van der Waals surface area contributed by atoms with Crippen LogP contribution in [0.25, 0.3) is 0 Å². The number of benzene rings is 1. The number of anilines is 1. The predicted molar refractivity (Wildman–Crippen MR) is 73.9 cm³/mol. The molecular formula is C13H19BrN2O. The molecule has 0 atom stereocenters. The third-order valence-corrected chi connectivity index (χ3v) is 4.11. The average Bonchev–Trinajstić information content (AvgIpc) is 2.35. The summed E-state index contributed by atoms with van der Waals surface area (Å²) in [5.41, 5.74) is 7.91. The quantitative estimate of drug-likeness (QED) is 0.872. The predicted octanol–water partition coefficient (Wildman–Crippen LogP) is 2.64. The van der Waals surface area contributed by atoms with Crippen LogP contribution in [0.4, 0.5) is 5.69 Å². The number of ether oxygens (including phenoxy) is 1. The first-order chi connectivity index (χ1) is 8.19. The van der Waals surface area contributed by atoms with E-state index in [2.05, 4.69) is 20.8 Å². The topological polar surface area (TPSA) is 38.5 Å². The van der Waals surface area contributed by atoms with Gasteiger partial charge in [-0.1, -0.05) is 15.9 Å². The van der Waals surface area contributed by atoms with Gasteiger partial charge in [-0.15, -0.1) is 0 Å². The number of hydrogen-bond donors (Lipinski definition) is 1. The van der Waals surface area contributed by atoms with Gasteiger partial charge in [-0.2, -0.15) is 0 Å². The molecule has 1 fully saturated rings. The molecule has 0 saturated carbocycles. The standard InChI is InChI=1S/C13H19BrN2O/c1-17-12-4-6-16(7-5-12)9-10-8-11(15)2-3-13(10)14/h2-3,8,12H,4-7,9,15H2,1H3. The molecule has 0 bridgehead atoms. The lowest BCUT2D eigenvalue weighted by Gasteiger charge is -2.31. The first kappa shape index (κ1) is 12.9. The Labute approximate surface area is 111 Å². The van der Waals surface area contributed by atoms with Crippen LogP contribution in [-0.2, 0) is 11.3 Å². The molecule has 0 aromatic heterocycles. The summed E-state index contributed by atoms with van der Waals surface area (Å²) in [6.07, 6.45) is 2.68. The van der Waals surface area contributed by atoms with E-state index in [-0.39, 0.29) is 0 Å². The molecular weight excluding hydrogens is 280 g/mol. The minimum absolute atomic E-state index is 0.440. The molecule has 0 unspecified atom stereocenters. The highest BCUT2D eigenvalue weighted by Gasteiger charge is 2.19. The van der Waals surface area contributed by atoms with Gasteiger partial charge in [0.2, 0.25) is 0 Å². The molecule has 3 nitrogen and oxygen atoms in total. The molecule has 0 spiro atoms. The van der Waals surface area contributed by atoms with Crippen LogP contribution in [0.15, 0.2) is 22.7 Å². The van der Waals surface area contributed by atoms with Crippen LogP contribution in [0, 0.1) is 0 Å². The molecule has 0 aliphatic carbocycles. The molecule has 1 saturated heterocycles. The van der Waals surface area contributed by atoms with E-state index < -0.39 is 0 Å². The van der Waals surface area contributed by atoms with Crippen molar-refractivity contribution in [2.45, 2.75) is 25.5 Å². The third-order valence-electron chi connectivity index (χ3n) is 3.33. The monoisotopic (exact) mass is 298 g/mol. The highest BCUT2D eigenvalue weighted by molar-refractivity contribution is 9.10. The number of nitrogens with two attached hydrogens (primary N) is 1. The van der Waals surface area contributed by atoms with E-state index in [0.29, 0.717) is 6.10 Å². The minimum atomic E-state index is 0.440. The smallest absolute Gasteiger partial charge is 0.0595 e. The maximum absolute atomic E-state index is 5.82. The molecule has 0 radical (unpaired) electrons. The van der Waals surface area contributed by atoms with Gasteiger partial charge in [-0.3, -0.25) is 4.90 Å². The highest BCUT2D eigenvalue weighted by Crippen LogP contribution is 2.23. The van der Waals surface area contributed by atoms with Crippen molar-refractivity contribution in [3.8, 4) is 0 Å². The number of methoxy groups -OCH3 is 1. The first-order valence-electron chi connectivity index (χ1n) is 5.98. The molecule has 1 heterocycles. The molecule has 17 heavy (non-hydrogen) atoms. The van der Waals surface area contributed by atoms with Crippen molar-refractivity contribution >= 4 is 21.6 Å². The first-order valence-corrected chi connectivity index (χ1v) is 6.77. The zero-order valence-corrected chi connectivity index (χ0v) is 11.7. The molecule has 94 valence electrons. The Kier molecular flexibility index (Phi) is 4.42. The summed E-state index contributed by atoms with van der Waals surface area (Å²) in [4.78, 5) is 2.45. The van der Waals surface area contributed by atoms with E-state index in [0.717, 1.165) is 42.6 Å². The lowest BCUT2D eigenvalue weighted by molar-refractivity contribution is 0.0388. The fraction of sp³-hybridized carbons (Fsp3) is 0.538. The number of likely N-dealkylation sites (tertiary alicyclic amines) is 1. The maximum Gasteiger partial charge on any atom is 0.0595 e. The van der Waals surface area contributed by atoms with Crippen LogP contribution in [0.3, 0.4) is 0 Å². The van der Waals surface area contributed by atoms with Gasteiger partial charge in [-0.05, 0) is 36.6 Å². The van der Waals surface area contributed by atoms with Gasteiger partial charge in [0.15, 0.2) is 0 Å². The van der Waals surface area contributed by atoms with Crippen LogP contribution in [0.1, 0.15) is 18.4 Å². The number of nitrogen functional groups attached to an aromatic ring is 1. The second-order valence-electron chi connectivity index (χ2n) is 4.56. The van der Waals surface area contributed by atoms with Gasteiger partial charge < -0.3 is 10.5 Å². The van der Waals surface area contributed by atoms with Crippen molar-refractivity contribution in [1.29, 1.82) is 0 Å². The molecule has 2 N–H and O–H groups in total. The summed E-state index contributed by atoms with van der Waals surface area (Å²) in [5, 5.41) is 0. The lowest BCUT2D eigenvalue weighted by Crippen LogP contribution is -2.36. The van der Waals surface area contributed by atoms with Crippen LogP contribution < -0.4 is 5.73 Å². The number of hydrogen-bond acceptors (Lipinski definition) is 3. The normalized spacial score (nSPS) is 18.5. The van der Waals surface area contributed by atoms with Gasteiger partial charge >= 0.3 is 0 Å². The summed E-state index contributed by atoms with van der Waals surface area (Å²) in [6, 6.07) is 5.99. The van der Waals surface area contributed by atoms with Gasteiger partial charge in [0.05, 0.1) is 6.10 Å². The van der Waals surface area contributed by atoms with Crippen molar-refractivity contribution in [2.24, 2.45) is 0 Å². The number of nitrogens with zero attached hydrogens (tertiary/aromatic N) is 1. The average molecular weight is 299 g/mol. The molecule has 1 aromatic carbocycles. The molecule has 2 rings (SSSR count). The third kappa shape index (κ3) is 3.44. The van der Waals surface area contributed by atoms with E-state index in [1.54, 1.807) is 7.11 Å². The largest absolute Gasteiger partial charge is 0.399 e. The summed E-state index contributed by atoms with van der Waals surface area (Å²) in [5.74, 6) is 0. The van der Waals surface area contributed by atoms with Crippen molar-refractivity contribution < 1.29 is 4.74 Å². The molecule has 0 amide bonds. The van der Waals surface area contributed by atoms with Crippen molar-refractivity contribution in [3.63, 3.8) is 0 Å². The van der Waals surface area contributed by atoms with E-state index in [4.69, 9.17) is 10.5 Å². The van der Waals surface area contributed by atoms with Crippen molar-refractivity contribution in [3.05, 3.63) is 28.2 Å². The van der Waals surface area contributed by atoms with Crippen LogP contribution in [0.5, 0.6) is 0 Å². The maximum atomic E-state index is 5.82. The second kappa shape index (κ2) is 5.85. The number of piperidine rings is 1. The number of halogens is 1. The van der Waals surface area contributed by atoms with E-state index in [1.807, 2.05) is 18.2 Å². The molecule has 4 heteroatoms. The Bertz CT molecular complexity index is 376. The minimum Gasteiger partial charge on any atom is -0.399 e. The fourth-order valence-electron chi connectivity index (χ4n) is 2.26. The Morgan fingerprint density at radius 2 is 2.12 bits per heavy atom. The molecule has 1 aliphatic rings. The van der Waals surface area contributed by atoms with Gasteiger partial charge in [0.1, 0.15) is 0 Å². The summed E-state index contributed by atoms with van der Waals surface area (Å²) in [7, 11) is 1.80. The van der Waals surface area contributed by atoms with E-state index in [9.17, 15) is 0 Å². The summed E-state index contributed by atoms with van der Waals surface area (Å²) in [6.45, 7) is 3.15. The van der Waals surface area contributed by atoms with Gasteiger partial charge in [0, 0.05) is 36.9 Å². The van der Waals surface area contributed by atoms with Crippen LogP contribution in [-0.4, -0.2) is 31.2 Å². The van der Waals surface area contributed by atoms with Crippen LogP contribution in [0.2, 0.25) is 0 Å². The van der Waals surface area contributed by atoms with E-state index in [1.165, 1.54) is 5.56 Å². The fourth-order valence-corrected chi connectivity index (χ4v) is 2.63. The highest BCUT2D eigenvalue weighted by atomic mass is 79.9. The Morgan fingerprint density at radius 1 is 1.41 bits per heavy atom. The lowest BCUT2D eigenvalue weighted by atomic mass is 10.1. The van der Waals surface area contributed by atoms with Gasteiger partial charge in [-0.25, -0.2) is 0 Å². The second-order valence-corrected chi connectivity index (χ2v) is 5.42. The van der Waals surface area contributed by atoms with Crippen molar-refractivity contribution in [2.75, 3.05) is 25.9 Å². The SMILES string of the molecule is COC1CCN(Cc2cc(N)ccc2Br)CC1. The zero-order valence-electron chi connectivity index (χ0n) is 10.2. The van der Waals surface area contributed by atoms with Crippen LogP contribution >= 0.6 is 15.9 Å². The zero-order chi connectivity index (χ0) is 12.3. The Balaban J connectivity index is 1.95.